The van der Waals surface area contributed by atoms with Gasteiger partial charge in [0.2, 0.25) is 0 Å². The summed E-state index contributed by atoms with van der Waals surface area (Å²) in [6, 6.07) is 21.4. The molecule has 7 heteroatoms. The molecule has 0 aromatic heterocycles. The first-order valence-corrected chi connectivity index (χ1v) is 12.0. The van der Waals surface area contributed by atoms with Crippen LogP contribution in [0.15, 0.2) is 77.7 Å². The molecule has 0 aliphatic carbocycles. The fourth-order valence-corrected chi connectivity index (χ4v) is 4.99. The van der Waals surface area contributed by atoms with Crippen LogP contribution in [-0.2, 0) is 14.8 Å². The first-order chi connectivity index (χ1) is 14.7. The monoisotopic (exact) mass is 453 g/mol. The summed E-state index contributed by atoms with van der Waals surface area (Å²) < 4.78 is 27.7. The molecule has 0 heterocycles. The van der Waals surface area contributed by atoms with E-state index in [4.69, 9.17) is 0 Å². The van der Waals surface area contributed by atoms with E-state index in [1.165, 1.54) is 36.5 Å². The number of thioether (sulfide) groups is 1. The van der Waals surface area contributed by atoms with Gasteiger partial charge in [0.25, 0.3) is 10.0 Å². The van der Waals surface area contributed by atoms with E-state index in [1.54, 1.807) is 12.1 Å². The normalized spacial score (nSPS) is 11.2. The van der Waals surface area contributed by atoms with Crippen molar-refractivity contribution in [3.63, 3.8) is 0 Å². The molecule has 3 aromatic carbocycles. The SMILES string of the molecule is CC(=O)SCC(=O)c1cccc(S(=O)(=O)N(C)c2ccc(-c3ccccc3)cc2C)c1. The quantitative estimate of drug-likeness (QED) is 0.474. The molecule has 0 amide bonds. The Balaban J connectivity index is 1.89. The third-order valence-electron chi connectivity index (χ3n) is 4.86. The van der Waals surface area contributed by atoms with Crippen molar-refractivity contribution in [3.8, 4) is 11.1 Å². The minimum absolute atomic E-state index is 0.0191. The van der Waals surface area contributed by atoms with Crippen molar-refractivity contribution in [2.75, 3.05) is 17.1 Å². The molecule has 0 unspecified atom stereocenters. The summed E-state index contributed by atoms with van der Waals surface area (Å²) in [4.78, 5) is 23.4. The number of ketones is 1. The summed E-state index contributed by atoms with van der Waals surface area (Å²) >= 11 is 0.904. The molecular formula is C24H23NO4S2. The highest BCUT2D eigenvalue weighted by atomic mass is 32.2. The van der Waals surface area contributed by atoms with Gasteiger partial charge in [-0.15, -0.1) is 0 Å². The molecular weight excluding hydrogens is 430 g/mol. The Kier molecular flexibility index (Phi) is 6.97. The maximum absolute atomic E-state index is 13.2. The van der Waals surface area contributed by atoms with Gasteiger partial charge in [-0.3, -0.25) is 13.9 Å². The average molecular weight is 454 g/mol. The standard InChI is InChI=1S/C24H23NO4S2/c1-17-14-20(19-8-5-4-6-9-19)12-13-23(17)25(3)31(28,29)22-11-7-10-21(15-22)24(27)16-30-18(2)26/h4-15H,16H2,1-3H3. The van der Waals surface area contributed by atoms with Crippen LogP contribution in [0.1, 0.15) is 22.8 Å². The van der Waals surface area contributed by atoms with Gasteiger partial charge >= 0.3 is 0 Å². The molecule has 0 aliphatic heterocycles. The van der Waals surface area contributed by atoms with Gasteiger partial charge in [0.05, 0.1) is 16.3 Å². The van der Waals surface area contributed by atoms with Crippen molar-refractivity contribution in [1.29, 1.82) is 0 Å². The van der Waals surface area contributed by atoms with Crippen molar-refractivity contribution in [2.45, 2.75) is 18.7 Å². The lowest BCUT2D eigenvalue weighted by molar-refractivity contribution is -0.109. The summed E-state index contributed by atoms with van der Waals surface area (Å²) in [5, 5.41) is -0.161. The van der Waals surface area contributed by atoms with Gasteiger partial charge in [0.15, 0.2) is 10.9 Å². The molecule has 5 nitrogen and oxygen atoms in total. The third kappa shape index (κ3) is 5.24. The van der Waals surface area contributed by atoms with Crippen molar-refractivity contribution >= 4 is 38.4 Å². The minimum atomic E-state index is -3.87. The Bertz CT molecular complexity index is 1220. The van der Waals surface area contributed by atoms with Gasteiger partial charge in [-0.2, -0.15) is 0 Å². The number of aryl methyl sites for hydroxylation is 1. The van der Waals surface area contributed by atoms with E-state index in [2.05, 4.69) is 0 Å². The smallest absolute Gasteiger partial charge is 0.264 e. The first kappa shape index (κ1) is 22.8. The second-order valence-corrected chi connectivity index (χ2v) is 10.2. The maximum atomic E-state index is 13.2. The fourth-order valence-electron chi connectivity index (χ4n) is 3.19. The zero-order valence-corrected chi connectivity index (χ0v) is 19.2. The molecule has 160 valence electrons. The van der Waals surface area contributed by atoms with E-state index in [0.29, 0.717) is 5.69 Å². The lowest BCUT2D eigenvalue weighted by Crippen LogP contribution is -2.27. The molecule has 0 saturated carbocycles. The number of rotatable bonds is 7. The Morgan fingerprint density at radius 2 is 1.61 bits per heavy atom. The zero-order chi connectivity index (χ0) is 22.6. The van der Waals surface area contributed by atoms with Crippen molar-refractivity contribution in [1.82, 2.24) is 0 Å². The van der Waals surface area contributed by atoms with Crippen LogP contribution in [0, 0.1) is 6.92 Å². The number of benzene rings is 3. The highest BCUT2D eigenvalue weighted by Gasteiger charge is 2.24. The van der Waals surface area contributed by atoms with E-state index in [-0.39, 0.29) is 27.1 Å². The van der Waals surface area contributed by atoms with Crippen molar-refractivity contribution < 1.29 is 18.0 Å². The predicted molar refractivity (Wildman–Crippen MR) is 126 cm³/mol. The van der Waals surface area contributed by atoms with Crippen LogP contribution in [0.5, 0.6) is 0 Å². The number of hydrogen-bond acceptors (Lipinski definition) is 5. The number of carbonyl (C=O) groups is 2. The molecule has 0 N–H and O–H groups in total. The first-order valence-electron chi connectivity index (χ1n) is 9.62. The summed E-state index contributed by atoms with van der Waals surface area (Å²) in [5.74, 6) is -0.308. The molecule has 0 atom stereocenters. The highest BCUT2D eigenvalue weighted by Crippen LogP contribution is 2.30. The number of carbonyl (C=O) groups excluding carboxylic acids is 2. The largest absolute Gasteiger partial charge is 0.293 e. The predicted octanol–water partition coefficient (Wildman–Crippen LogP) is 4.95. The summed E-state index contributed by atoms with van der Waals surface area (Å²) in [6.07, 6.45) is 0. The molecule has 3 aromatic rings. The van der Waals surface area contributed by atoms with Crippen molar-refractivity contribution in [3.05, 3.63) is 83.9 Å². The Labute approximate surface area is 187 Å². The van der Waals surface area contributed by atoms with Gasteiger partial charge in [-0.25, -0.2) is 8.42 Å². The lowest BCUT2D eigenvalue weighted by Gasteiger charge is -2.22. The Morgan fingerprint density at radius 3 is 2.26 bits per heavy atom. The van der Waals surface area contributed by atoms with Crippen LogP contribution in [0.2, 0.25) is 0 Å². The molecule has 3 rings (SSSR count). The number of nitrogens with zero attached hydrogens (tertiary/aromatic N) is 1. The fraction of sp³-hybridized carbons (Fsp3) is 0.167. The van der Waals surface area contributed by atoms with E-state index in [0.717, 1.165) is 28.5 Å². The number of anilines is 1. The highest BCUT2D eigenvalue weighted by molar-refractivity contribution is 8.14. The molecule has 0 fully saturated rings. The minimum Gasteiger partial charge on any atom is -0.293 e. The van der Waals surface area contributed by atoms with Gasteiger partial charge in [0, 0.05) is 19.5 Å². The maximum Gasteiger partial charge on any atom is 0.264 e. The van der Waals surface area contributed by atoms with Gasteiger partial charge in [0.1, 0.15) is 0 Å². The molecule has 0 spiro atoms. The van der Waals surface area contributed by atoms with Crippen LogP contribution >= 0.6 is 11.8 Å². The van der Waals surface area contributed by atoms with Gasteiger partial charge < -0.3 is 0 Å². The summed E-state index contributed by atoms with van der Waals surface area (Å²) in [5.41, 5.74) is 3.70. The molecule has 0 radical (unpaired) electrons. The topological polar surface area (TPSA) is 71.5 Å². The third-order valence-corrected chi connectivity index (χ3v) is 7.44. The van der Waals surface area contributed by atoms with E-state index in [9.17, 15) is 18.0 Å². The van der Waals surface area contributed by atoms with Crippen LogP contribution in [0.25, 0.3) is 11.1 Å². The van der Waals surface area contributed by atoms with Gasteiger partial charge in [-0.1, -0.05) is 60.3 Å². The average Bonchev–Trinajstić information content (AvgIpc) is 2.77. The van der Waals surface area contributed by atoms with Gasteiger partial charge in [-0.05, 0) is 47.9 Å². The number of hydrogen-bond donors (Lipinski definition) is 0. The van der Waals surface area contributed by atoms with Crippen LogP contribution in [0.3, 0.4) is 0 Å². The second-order valence-electron chi connectivity index (χ2n) is 7.07. The van der Waals surface area contributed by atoms with Crippen LogP contribution in [0.4, 0.5) is 5.69 Å². The zero-order valence-electron chi connectivity index (χ0n) is 17.5. The number of Topliss-reactive ketones (excluding diaryl/α,β-unsaturated/α-hetero) is 1. The summed E-state index contributed by atoms with van der Waals surface area (Å²) in [6.45, 7) is 3.26. The molecule has 0 bridgehead atoms. The summed E-state index contributed by atoms with van der Waals surface area (Å²) in [7, 11) is -2.37. The van der Waals surface area contributed by atoms with Crippen molar-refractivity contribution in [2.24, 2.45) is 0 Å². The lowest BCUT2D eigenvalue weighted by atomic mass is 10.0. The van der Waals surface area contributed by atoms with Crippen LogP contribution in [-0.4, -0.2) is 32.1 Å². The second kappa shape index (κ2) is 9.49. The molecule has 31 heavy (non-hydrogen) atoms. The van der Waals surface area contributed by atoms with Crippen LogP contribution < -0.4 is 4.31 Å². The Hall–Kier alpha value is -2.90. The number of sulfonamides is 1. The Morgan fingerprint density at radius 1 is 0.903 bits per heavy atom. The molecule has 0 aliphatic rings. The molecule has 0 saturated heterocycles. The van der Waals surface area contributed by atoms with E-state index in [1.807, 2.05) is 49.4 Å². The van der Waals surface area contributed by atoms with E-state index < -0.39 is 10.0 Å². The van der Waals surface area contributed by atoms with E-state index >= 15 is 0 Å².